The molecule has 1 N–H and O–H groups in total. The molecular formula is C40H52IrNO2-. The van der Waals surface area contributed by atoms with Crippen LogP contribution in [0.4, 0.5) is 0 Å². The summed E-state index contributed by atoms with van der Waals surface area (Å²) in [5.74, 6) is 3.51. The molecule has 4 fully saturated rings. The summed E-state index contributed by atoms with van der Waals surface area (Å²) in [5.41, 5.74) is 7.74. The number of aliphatic hydroxyl groups is 1. The van der Waals surface area contributed by atoms with Crippen molar-refractivity contribution in [2.45, 2.75) is 111 Å². The number of pyridine rings is 1. The van der Waals surface area contributed by atoms with Gasteiger partial charge in [-0.1, -0.05) is 59.7 Å². The number of hydrogen-bond acceptors (Lipinski definition) is 3. The first-order chi connectivity index (χ1) is 20.7. The molecule has 3 aromatic rings. The van der Waals surface area contributed by atoms with E-state index in [1.165, 1.54) is 61.1 Å². The molecule has 1 aromatic heterocycles. The van der Waals surface area contributed by atoms with E-state index in [0.717, 1.165) is 60.2 Å². The summed E-state index contributed by atoms with van der Waals surface area (Å²) in [5, 5.41) is 11.1. The second-order valence-corrected chi connectivity index (χ2v) is 14.1. The standard InChI is InChI=1S/C27H28N.C13H24O2.Ir/c1-17-7-18(2)9-23(8-17)26-5-3-22-13-24(4-6-25(22)28-26)27-14-19-10-20(15-27)12-21(11-19)16-27;1-5-10(6-2)12(14)9-13(15)11(7-3)8-4;/h3-8,13,19-21H,10-12,14-16H2,1-2H3;9-11,14H,5-8H2,1-4H3;/q-1;;/b;12-9-;. The number of ketones is 1. The first kappa shape index (κ1) is 34.6. The van der Waals surface area contributed by atoms with Crippen molar-refractivity contribution in [2.24, 2.45) is 29.6 Å². The number of aryl methyl sites for hydroxylation is 2. The maximum Gasteiger partial charge on any atom is 0.162 e. The number of aliphatic hydroxyl groups excluding tert-OH is 1. The molecule has 4 heteroatoms. The maximum atomic E-state index is 11.7. The van der Waals surface area contributed by atoms with E-state index in [2.05, 4.69) is 62.4 Å². The molecular weight excluding hydrogens is 719 g/mol. The van der Waals surface area contributed by atoms with E-state index in [9.17, 15) is 9.90 Å². The topological polar surface area (TPSA) is 50.2 Å². The molecule has 0 unspecified atom stereocenters. The van der Waals surface area contributed by atoms with Crippen molar-refractivity contribution < 1.29 is 30.0 Å². The molecule has 3 nitrogen and oxygen atoms in total. The van der Waals surface area contributed by atoms with Crippen LogP contribution >= 0.6 is 0 Å². The number of carbonyl (C=O) groups excluding carboxylic acids is 1. The van der Waals surface area contributed by atoms with Crippen LogP contribution in [0.3, 0.4) is 0 Å². The van der Waals surface area contributed by atoms with Gasteiger partial charge in [0.15, 0.2) is 5.78 Å². The molecule has 2 aromatic carbocycles. The van der Waals surface area contributed by atoms with Gasteiger partial charge in [0.1, 0.15) is 0 Å². The van der Waals surface area contributed by atoms with Gasteiger partial charge in [-0.05, 0) is 116 Å². The van der Waals surface area contributed by atoms with E-state index in [0.29, 0.717) is 5.41 Å². The third kappa shape index (κ3) is 7.56. The Kier molecular flexibility index (Phi) is 11.7. The minimum absolute atomic E-state index is 0. The number of nitrogens with zero attached hydrogens (tertiary/aromatic N) is 1. The quantitative estimate of drug-likeness (QED) is 0.134. The summed E-state index contributed by atoms with van der Waals surface area (Å²) < 4.78 is 0. The van der Waals surface area contributed by atoms with Crippen molar-refractivity contribution in [1.82, 2.24) is 4.98 Å². The minimum Gasteiger partial charge on any atom is -0.512 e. The van der Waals surface area contributed by atoms with Crippen molar-refractivity contribution in [3.8, 4) is 11.3 Å². The molecule has 0 spiro atoms. The Labute approximate surface area is 279 Å². The van der Waals surface area contributed by atoms with Crippen LogP contribution in [0.15, 0.2) is 54.3 Å². The van der Waals surface area contributed by atoms with Crippen LogP contribution in [-0.2, 0) is 30.3 Å². The van der Waals surface area contributed by atoms with Gasteiger partial charge in [0, 0.05) is 38.0 Å². The fourth-order valence-electron chi connectivity index (χ4n) is 8.88. The number of carbonyl (C=O) groups is 1. The molecule has 0 aliphatic heterocycles. The molecule has 239 valence electrons. The zero-order chi connectivity index (χ0) is 30.7. The third-order valence-electron chi connectivity index (χ3n) is 10.8. The van der Waals surface area contributed by atoms with Crippen LogP contribution in [0.2, 0.25) is 0 Å². The molecule has 1 radical (unpaired) electrons. The Bertz CT molecular complexity index is 1410. The summed E-state index contributed by atoms with van der Waals surface area (Å²) in [4.78, 5) is 16.7. The Morgan fingerprint density at radius 1 is 0.886 bits per heavy atom. The van der Waals surface area contributed by atoms with Gasteiger partial charge in [0.25, 0.3) is 0 Å². The average Bonchev–Trinajstić information content (AvgIpc) is 2.97. The molecule has 0 atom stereocenters. The largest absolute Gasteiger partial charge is 0.512 e. The van der Waals surface area contributed by atoms with E-state index < -0.39 is 0 Å². The predicted octanol–water partition coefficient (Wildman–Crippen LogP) is 10.7. The Morgan fingerprint density at radius 2 is 1.48 bits per heavy atom. The van der Waals surface area contributed by atoms with E-state index in [1.54, 1.807) is 5.56 Å². The molecule has 4 aliphatic carbocycles. The fourth-order valence-corrected chi connectivity index (χ4v) is 8.88. The monoisotopic (exact) mass is 771 g/mol. The maximum absolute atomic E-state index is 11.7. The first-order valence-electron chi connectivity index (χ1n) is 17.0. The Hall–Kier alpha value is -2.29. The molecule has 44 heavy (non-hydrogen) atoms. The van der Waals surface area contributed by atoms with Crippen LogP contribution < -0.4 is 0 Å². The summed E-state index contributed by atoms with van der Waals surface area (Å²) in [6, 6.07) is 19.4. The number of allylic oxidation sites excluding steroid dienone is 2. The number of fused-ring (bicyclic) bond motifs is 1. The number of rotatable bonds is 9. The predicted molar refractivity (Wildman–Crippen MR) is 179 cm³/mol. The molecule has 0 amide bonds. The minimum atomic E-state index is 0. The van der Waals surface area contributed by atoms with Gasteiger partial charge >= 0.3 is 0 Å². The summed E-state index contributed by atoms with van der Waals surface area (Å²) in [7, 11) is 0. The third-order valence-corrected chi connectivity index (χ3v) is 10.8. The van der Waals surface area contributed by atoms with Crippen LogP contribution in [0.5, 0.6) is 0 Å². The van der Waals surface area contributed by atoms with Crippen LogP contribution in [0.1, 0.15) is 109 Å². The second kappa shape index (κ2) is 14.9. The second-order valence-electron chi connectivity index (χ2n) is 14.1. The van der Waals surface area contributed by atoms with E-state index in [-0.39, 0.29) is 43.5 Å². The number of aromatic nitrogens is 1. The number of hydrogen-bond donors (Lipinski definition) is 1. The van der Waals surface area contributed by atoms with Crippen molar-refractivity contribution in [1.29, 1.82) is 0 Å². The van der Waals surface area contributed by atoms with E-state index in [4.69, 9.17) is 4.98 Å². The van der Waals surface area contributed by atoms with Gasteiger partial charge in [0.2, 0.25) is 0 Å². The van der Waals surface area contributed by atoms with Crippen LogP contribution in [0.25, 0.3) is 22.2 Å². The normalized spacial score (nSPS) is 23.9. The molecule has 1 heterocycles. The van der Waals surface area contributed by atoms with Crippen molar-refractivity contribution >= 4 is 16.7 Å². The van der Waals surface area contributed by atoms with Gasteiger partial charge < -0.3 is 5.11 Å². The molecule has 4 aliphatic rings. The van der Waals surface area contributed by atoms with Crippen molar-refractivity contribution in [3.05, 3.63) is 77.1 Å². The Balaban J connectivity index is 0.000000239. The Morgan fingerprint density at radius 3 is 2.02 bits per heavy atom. The van der Waals surface area contributed by atoms with Gasteiger partial charge in [-0.3, -0.25) is 9.78 Å². The SMILES string of the molecule is CCC(CC)C(=O)/C=C(\O)C(CC)CC.Cc1[c-]c(-c2ccc3cc(C45CC6CC(CC(C6)C4)C5)ccc3n2)cc(C)c1.[Ir]. The summed E-state index contributed by atoms with van der Waals surface area (Å²) in [6.07, 6.45) is 13.7. The zero-order valence-corrected chi connectivity index (χ0v) is 30.1. The molecule has 0 saturated heterocycles. The van der Waals surface area contributed by atoms with Gasteiger partial charge in [-0.25, -0.2) is 0 Å². The summed E-state index contributed by atoms with van der Waals surface area (Å²) in [6.45, 7) is 12.3. The average molecular weight is 771 g/mol. The van der Waals surface area contributed by atoms with Crippen LogP contribution in [0, 0.1) is 49.5 Å². The van der Waals surface area contributed by atoms with Gasteiger partial charge in [-0.2, -0.15) is 0 Å². The van der Waals surface area contributed by atoms with E-state index in [1.807, 2.05) is 27.7 Å². The summed E-state index contributed by atoms with van der Waals surface area (Å²) >= 11 is 0. The smallest absolute Gasteiger partial charge is 0.162 e. The first-order valence-corrected chi connectivity index (χ1v) is 17.0. The van der Waals surface area contributed by atoms with Crippen molar-refractivity contribution in [3.63, 3.8) is 0 Å². The van der Waals surface area contributed by atoms with Crippen LogP contribution in [-0.4, -0.2) is 15.9 Å². The molecule has 4 saturated carbocycles. The van der Waals surface area contributed by atoms with Gasteiger partial charge in [0.05, 0.1) is 11.3 Å². The fraction of sp³-hybridized carbons (Fsp3) is 0.550. The number of benzene rings is 2. The van der Waals surface area contributed by atoms with Gasteiger partial charge in [-0.15, -0.1) is 34.9 Å². The zero-order valence-electron chi connectivity index (χ0n) is 27.7. The molecule has 4 bridgehead atoms. The van der Waals surface area contributed by atoms with E-state index >= 15 is 0 Å². The van der Waals surface area contributed by atoms with Crippen molar-refractivity contribution in [2.75, 3.05) is 0 Å². The molecule has 7 rings (SSSR count).